The van der Waals surface area contributed by atoms with Crippen LogP contribution in [0.3, 0.4) is 0 Å². The Morgan fingerprint density at radius 1 is 1.88 bits per heavy atom. The van der Waals surface area contributed by atoms with E-state index in [9.17, 15) is 4.79 Å². The molecule has 0 atom stereocenters. The van der Waals surface area contributed by atoms with Gasteiger partial charge in [0.2, 0.25) is 0 Å². The zero-order chi connectivity index (χ0) is 6.41. The fourth-order valence-electron chi connectivity index (χ4n) is 0.163. The molecule has 0 aromatic rings. The fraction of sp³-hybridized carbons (Fsp3) is 0.400. The molecule has 0 fully saturated rings. The Kier molecular flexibility index (Phi) is 3.54. The van der Waals surface area contributed by atoms with Crippen molar-refractivity contribution in [2.45, 2.75) is 6.92 Å². The van der Waals surface area contributed by atoms with Gasteiger partial charge in [0, 0.05) is 0 Å². The summed E-state index contributed by atoms with van der Waals surface area (Å²) in [5.74, 6) is 2.32. The predicted molar refractivity (Wildman–Crippen MR) is 30.1 cm³/mol. The summed E-state index contributed by atoms with van der Waals surface area (Å²) in [7, 11) is 1.27. The molecule has 0 spiro atoms. The molecular weight excluding hydrogens is 106 g/mol. The van der Waals surface area contributed by atoms with Crippen molar-refractivity contribution >= 4 is 12.0 Å². The van der Waals surface area contributed by atoms with Crippen LogP contribution in [0.2, 0.25) is 0 Å². The summed E-state index contributed by atoms with van der Waals surface area (Å²) in [4.78, 5) is 13.3. The normalized spacial score (nSPS) is 6.75. The van der Waals surface area contributed by atoms with Crippen molar-refractivity contribution in [1.82, 2.24) is 0 Å². The van der Waals surface area contributed by atoms with Gasteiger partial charge in [0.1, 0.15) is 0 Å². The molecule has 44 valence electrons. The molecule has 0 radical (unpaired) electrons. The van der Waals surface area contributed by atoms with Crippen LogP contribution in [0.4, 0.5) is 4.79 Å². The average Bonchev–Trinajstić information content (AvgIpc) is 1.83. The van der Waals surface area contributed by atoms with Gasteiger partial charge in [-0.05, 0) is 18.9 Å². The topological polar surface area (TPSA) is 38.7 Å². The lowest BCUT2D eigenvalue weighted by molar-refractivity contribution is 0.183. The van der Waals surface area contributed by atoms with Crippen LogP contribution in [0.15, 0.2) is 11.1 Å². The lowest BCUT2D eigenvalue weighted by Gasteiger charge is -1.82. The maximum absolute atomic E-state index is 10.1. The molecule has 0 rings (SSSR count). The molecule has 0 saturated heterocycles. The molecule has 0 bridgehead atoms. The number of carbonyl (C=O) groups excluding carboxylic acids is 1. The van der Waals surface area contributed by atoms with Crippen LogP contribution in [-0.4, -0.2) is 19.1 Å². The largest absolute Gasteiger partial charge is 0.451 e. The van der Waals surface area contributed by atoms with Crippen LogP contribution in [0.1, 0.15) is 6.92 Å². The maximum atomic E-state index is 10.1. The van der Waals surface area contributed by atoms with Crippen molar-refractivity contribution in [1.29, 1.82) is 0 Å². The lowest BCUT2D eigenvalue weighted by atomic mass is 10.7. The summed E-state index contributed by atoms with van der Waals surface area (Å²) in [6.45, 7) is 1.71. The van der Waals surface area contributed by atoms with Crippen molar-refractivity contribution < 1.29 is 9.53 Å². The number of nitrogens with zero attached hydrogens (tertiary/aromatic N) is 1. The Morgan fingerprint density at radius 2 is 2.50 bits per heavy atom. The predicted octanol–water partition coefficient (Wildman–Crippen LogP) is 0.999. The molecular formula is C5H7NO2. The second-order valence-electron chi connectivity index (χ2n) is 1.000. The van der Waals surface area contributed by atoms with E-state index in [1.54, 1.807) is 6.92 Å². The first-order valence-electron chi connectivity index (χ1n) is 2.13. The summed E-state index contributed by atoms with van der Waals surface area (Å²) >= 11 is 0. The molecule has 0 aliphatic heterocycles. The number of aliphatic imine (C=N–C) groups is 1. The minimum atomic E-state index is -0.622. The third kappa shape index (κ3) is 3.12. The van der Waals surface area contributed by atoms with Crippen LogP contribution < -0.4 is 0 Å². The van der Waals surface area contributed by atoms with Crippen molar-refractivity contribution in [3.63, 3.8) is 0 Å². The fourth-order valence-corrected chi connectivity index (χ4v) is 0.163. The van der Waals surface area contributed by atoms with Gasteiger partial charge in [-0.2, -0.15) is 0 Å². The van der Waals surface area contributed by atoms with E-state index in [2.05, 4.69) is 15.6 Å². The Morgan fingerprint density at radius 3 is 2.88 bits per heavy atom. The molecule has 8 heavy (non-hydrogen) atoms. The molecule has 3 heteroatoms. The summed E-state index contributed by atoms with van der Waals surface area (Å²) in [6, 6.07) is 0. The molecule has 0 N–H and O–H groups in total. The Hall–Kier alpha value is -1.08. The van der Waals surface area contributed by atoms with Gasteiger partial charge in [-0.1, -0.05) is 0 Å². The van der Waals surface area contributed by atoms with Gasteiger partial charge in [-0.25, -0.2) is 4.79 Å². The number of amides is 1. The van der Waals surface area contributed by atoms with Crippen LogP contribution in [0, 0.1) is 0 Å². The standard InChI is InChI=1S/C5H7NO2/c1-3-4-6-5(7)8-2/h3H,1-2H3. The highest BCUT2D eigenvalue weighted by molar-refractivity contribution is 5.76. The van der Waals surface area contributed by atoms with Crippen molar-refractivity contribution in [3.8, 4) is 0 Å². The number of allylic oxidation sites excluding steroid dienone is 1. The molecule has 3 nitrogen and oxygen atoms in total. The monoisotopic (exact) mass is 113 g/mol. The minimum Gasteiger partial charge on any atom is -0.451 e. The maximum Gasteiger partial charge on any atom is 0.441 e. The molecule has 0 aliphatic carbocycles. The van der Waals surface area contributed by atoms with Gasteiger partial charge in [-0.15, -0.1) is 4.99 Å². The Bertz CT molecular complexity index is 133. The van der Waals surface area contributed by atoms with E-state index in [1.165, 1.54) is 13.2 Å². The van der Waals surface area contributed by atoms with E-state index in [4.69, 9.17) is 0 Å². The van der Waals surface area contributed by atoms with Crippen LogP contribution in [0.5, 0.6) is 0 Å². The first kappa shape index (κ1) is 6.92. The smallest absolute Gasteiger partial charge is 0.441 e. The first-order chi connectivity index (χ1) is 3.81. The number of rotatable bonds is 0. The summed E-state index contributed by atoms with van der Waals surface area (Å²) in [6.07, 6.45) is 0.903. The second kappa shape index (κ2) is 4.09. The SMILES string of the molecule is CC=C=NC(=O)OC. The Labute approximate surface area is 47.7 Å². The van der Waals surface area contributed by atoms with E-state index < -0.39 is 6.09 Å². The number of hydrogen-bond donors (Lipinski definition) is 0. The summed E-state index contributed by atoms with van der Waals surface area (Å²) in [5.41, 5.74) is 0. The molecule has 0 unspecified atom stereocenters. The van der Waals surface area contributed by atoms with Gasteiger partial charge in [0.25, 0.3) is 0 Å². The molecule has 0 heterocycles. The van der Waals surface area contributed by atoms with Gasteiger partial charge in [-0.3, -0.25) is 0 Å². The average molecular weight is 113 g/mol. The van der Waals surface area contributed by atoms with E-state index in [-0.39, 0.29) is 0 Å². The van der Waals surface area contributed by atoms with E-state index in [0.717, 1.165) is 0 Å². The highest BCUT2D eigenvalue weighted by Gasteiger charge is 1.86. The highest BCUT2D eigenvalue weighted by atomic mass is 16.5. The number of methoxy groups -OCH3 is 1. The zero-order valence-electron chi connectivity index (χ0n) is 4.84. The molecule has 1 amide bonds. The molecule has 0 aromatic heterocycles. The minimum absolute atomic E-state index is 0.622. The molecule has 0 aromatic carbocycles. The van der Waals surface area contributed by atoms with Crippen LogP contribution in [-0.2, 0) is 4.74 Å². The van der Waals surface area contributed by atoms with Crippen LogP contribution >= 0.6 is 0 Å². The molecule has 0 saturated carbocycles. The van der Waals surface area contributed by atoms with Crippen molar-refractivity contribution in [2.24, 2.45) is 4.99 Å². The quantitative estimate of drug-likeness (QED) is 0.439. The van der Waals surface area contributed by atoms with Gasteiger partial charge in [0.15, 0.2) is 0 Å². The third-order valence-electron chi connectivity index (χ3n) is 0.460. The van der Waals surface area contributed by atoms with Crippen molar-refractivity contribution in [2.75, 3.05) is 7.11 Å². The van der Waals surface area contributed by atoms with Gasteiger partial charge < -0.3 is 4.74 Å². The summed E-state index contributed by atoms with van der Waals surface area (Å²) in [5, 5.41) is 0. The zero-order valence-corrected chi connectivity index (χ0v) is 4.84. The van der Waals surface area contributed by atoms with E-state index >= 15 is 0 Å². The van der Waals surface area contributed by atoms with Crippen molar-refractivity contribution in [3.05, 3.63) is 6.08 Å². The first-order valence-corrected chi connectivity index (χ1v) is 2.13. The second-order valence-corrected chi connectivity index (χ2v) is 1.000. The van der Waals surface area contributed by atoms with E-state index in [1.807, 2.05) is 0 Å². The lowest BCUT2D eigenvalue weighted by Crippen LogP contribution is -1.89. The molecule has 0 aliphatic rings. The Balaban J connectivity index is 3.71. The highest BCUT2D eigenvalue weighted by Crippen LogP contribution is 1.73. The van der Waals surface area contributed by atoms with Gasteiger partial charge in [0.05, 0.1) is 7.11 Å². The third-order valence-corrected chi connectivity index (χ3v) is 0.460. The van der Waals surface area contributed by atoms with E-state index in [0.29, 0.717) is 0 Å². The number of carbonyl (C=O) groups is 1. The van der Waals surface area contributed by atoms with Crippen LogP contribution in [0.25, 0.3) is 0 Å². The van der Waals surface area contributed by atoms with Gasteiger partial charge >= 0.3 is 6.09 Å². The number of ether oxygens (including phenoxy) is 1. The number of hydrogen-bond acceptors (Lipinski definition) is 2. The summed E-state index contributed by atoms with van der Waals surface area (Å²) < 4.78 is 4.16.